The number of carbonyl (C=O) groups is 1. The normalized spacial score (nSPS) is 28.3. The molecule has 2 fully saturated rings. The molecule has 0 N–H and O–H groups in total. The molecule has 0 aromatic heterocycles. The molecule has 0 saturated carbocycles. The first kappa shape index (κ1) is 10.9. The minimum atomic E-state index is 0.349. The van der Waals surface area contributed by atoms with Crippen molar-refractivity contribution >= 4 is 5.91 Å². The van der Waals surface area contributed by atoms with Crippen LogP contribution in [0.5, 0.6) is 0 Å². The maximum absolute atomic E-state index is 11.9. The van der Waals surface area contributed by atoms with Crippen molar-refractivity contribution in [1.29, 1.82) is 0 Å². The van der Waals surface area contributed by atoms with Crippen molar-refractivity contribution in [3.8, 4) is 0 Å². The lowest BCUT2D eigenvalue weighted by atomic mass is 10.0. The van der Waals surface area contributed by atoms with Crippen LogP contribution in [0.2, 0.25) is 0 Å². The minimum absolute atomic E-state index is 0.349. The van der Waals surface area contributed by atoms with Gasteiger partial charge in [-0.2, -0.15) is 0 Å². The van der Waals surface area contributed by atoms with E-state index in [9.17, 15) is 4.79 Å². The predicted molar refractivity (Wildman–Crippen MR) is 60.7 cm³/mol. The van der Waals surface area contributed by atoms with Gasteiger partial charge in [-0.25, -0.2) is 0 Å². The first-order chi connectivity index (χ1) is 7.25. The summed E-state index contributed by atoms with van der Waals surface area (Å²) in [5.41, 5.74) is 0. The van der Waals surface area contributed by atoms with Gasteiger partial charge in [0.05, 0.1) is 6.54 Å². The fourth-order valence-electron chi connectivity index (χ4n) is 2.69. The molecule has 1 atom stereocenters. The lowest BCUT2D eigenvalue weighted by molar-refractivity contribution is -0.131. The highest BCUT2D eigenvalue weighted by atomic mass is 16.2. The first-order valence-electron chi connectivity index (χ1n) is 6.26. The molecule has 3 heteroatoms. The molecule has 2 rings (SSSR count). The van der Waals surface area contributed by atoms with Crippen LogP contribution in [0.3, 0.4) is 0 Å². The summed E-state index contributed by atoms with van der Waals surface area (Å²) in [5, 5.41) is 0. The van der Waals surface area contributed by atoms with Crippen molar-refractivity contribution in [2.24, 2.45) is 5.92 Å². The van der Waals surface area contributed by atoms with Crippen LogP contribution in [0.25, 0.3) is 0 Å². The summed E-state index contributed by atoms with van der Waals surface area (Å²) in [7, 11) is 0. The lowest BCUT2D eigenvalue weighted by Gasteiger charge is -2.31. The van der Waals surface area contributed by atoms with Crippen LogP contribution in [0, 0.1) is 5.92 Å². The Hall–Kier alpha value is -0.570. The van der Waals surface area contributed by atoms with Gasteiger partial charge in [-0.05, 0) is 38.1 Å². The molecule has 2 aliphatic rings. The highest BCUT2D eigenvalue weighted by Gasteiger charge is 2.23. The smallest absolute Gasteiger partial charge is 0.236 e. The molecule has 0 spiro atoms. The second-order valence-electron chi connectivity index (χ2n) is 5.07. The highest BCUT2D eigenvalue weighted by molar-refractivity contribution is 5.78. The molecular weight excluding hydrogens is 188 g/mol. The van der Waals surface area contributed by atoms with Crippen LogP contribution in [0.4, 0.5) is 0 Å². The molecule has 0 radical (unpaired) electrons. The van der Waals surface area contributed by atoms with Gasteiger partial charge in [-0.3, -0.25) is 9.69 Å². The Balaban J connectivity index is 1.77. The number of amides is 1. The largest absolute Gasteiger partial charge is 0.342 e. The highest BCUT2D eigenvalue weighted by Crippen LogP contribution is 2.16. The standard InChI is InChI=1S/C12H22N2O/c1-11-5-4-6-13(9-11)10-12(15)14-7-2-3-8-14/h11H,2-10H2,1H3. The predicted octanol–water partition coefficient (Wildman–Crippen LogP) is 1.34. The minimum Gasteiger partial charge on any atom is -0.342 e. The summed E-state index contributed by atoms with van der Waals surface area (Å²) in [6.07, 6.45) is 4.98. The molecule has 3 nitrogen and oxygen atoms in total. The van der Waals surface area contributed by atoms with E-state index >= 15 is 0 Å². The number of nitrogens with zero attached hydrogens (tertiary/aromatic N) is 2. The Kier molecular flexibility index (Phi) is 3.62. The molecule has 1 amide bonds. The van der Waals surface area contributed by atoms with E-state index in [2.05, 4.69) is 11.8 Å². The third-order valence-electron chi connectivity index (χ3n) is 3.56. The monoisotopic (exact) mass is 210 g/mol. The van der Waals surface area contributed by atoms with E-state index < -0.39 is 0 Å². The zero-order chi connectivity index (χ0) is 10.7. The van der Waals surface area contributed by atoms with Gasteiger partial charge >= 0.3 is 0 Å². The Morgan fingerprint density at radius 2 is 1.93 bits per heavy atom. The number of carbonyl (C=O) groups excluding carboxylic acids is 1. The summed E-state index contributed by atoms with van der Waals surface area (Å²) in [6.45, 7) is 7.14. The molecule has 1 unspecified atom stereocenters. The molecule has 2 aliphatic heterocycles. The Morgan fingerprint density at radius 3 is 2.60 bits per heavy atom. The van der Waals surface area contributed by atoms with E-state index in [1.807, 2.05) is 4.90 Å². The zero-order valence-corrected chi connectivity index (χ0v) is 9.74. The van der Waals surface area contributed by atoms with E-state index in [0.717, 1.165) is 32.1 Å². The second-order valence-corrected chi connectivity index (χ2v) is 5.07. The van der Waals surface area contributed by atoms with Gasteiger partial charge in [0.15, 0.2) is 0 Å². The Bertz CT molecular complexity index is 224. The first-order valence-corrected chi connectivity index (χ1v) is 6.26. The van der Waals surface area contributed by atoms with Crippen LogP contribution >= 0.6 is 0 Å². The molecule has 0 aromatic rings. The van der Waals surface area contributed by atoms with E-state index in [1.165, 1.54) is 25.7 Å². The summed E-state index contributed by atoms with van der Waals surface area (Å²) in [6, 6.07) is 0. The van der Waals surface area contributed by atoms with Crippen molar-refractivity contribution in [2.45, 2.75) is 32.6 Å². The molecule has 0 aromatic carbocycles. The Labute approximate surface area is 92.4 Å². The van der Waals surface area contributed by atoms with E-state index in [1.54, 1.807) is 0 Å². The van der Waals surface area contributed by atoms with Crippen molar-refractivity contribution in [3.05, 3.63) is 0 Å². The molecular formula is C12H22N2O. The van der Waals surface area contributed by atoms with E-state index in [0.29, 0.717) is 12.5 Å². The van der Waals surface area contributed by atoms with Gasteiger partial charge in [0.1, 0.15) is 0 Å². The summed E-state index contributed by atoms with van der Waals surface area (Å²) in [5.74, 6) is 1.12. The van der Waals surface area contributed by atoms with Gasteiger partial charge in [0.25, 0.3) is 0 Å². The molecule has 2 heterocycles. The van der Waals surface area contributed by atoms with Gasteiger partial charge in [0.2, 0.25) is 5.91 Å². The van der Waals surface area contributed by atoms with Crippen LogP contribution in [0.15, 0.2) is 0 Å². The number of piperidine rings is 1. The quantitative estimate of drug-likeness (QED) is 0.686. The zero-order valence-electron chi connectivity index (χ0n) is 9.74. The Morgan fingerprint density at radius 1 is 1.20 bits per heavy atom. The number of likely N-dealkylation sites (tertiary alicyclic amines) is 2. The molecule has 15 heavy (non-hydrogen) atoms. The molecule has 0 bridgehead atoms. The number of rotatable bonds is 2. The SMILES string of the molecule is CC1CCCN(CC(=O)N2CCCC2)C1. The van der Waals surface area contributed by atoms with Gasteiger partial charge < -0.3 is 4.90 Å². The fraction of sp³-hybridized carbons (Fsp3) is 0.917. The number of hydrogen-bond donors (Lipinski definition) is 0. The summed E-state index contributed by atoms with van der Waals surface area (Å²) in [4.78, 5) is 16.3. The fourth-order valence-corrected chi connectivity index (χ4v) is 2.69. The molecule has 86 valence electrons. The van der Waals surface area contributed by atoms with E-state index in [-0.39, 0.29) is 0 Å². The van der Waals surface area contributed by atoms with Crippen molar-refractivity contribution in [2.75, 3.05) is 32.7 Å². The van der Waals surface area contributed by atoms with Crippen molar-refractivity contribution < 1.29 is 4.79 Å². The summed E-state index contributed by atoms with van der Waals surface area (Å²) < 4.78 is 0. The topological polar surface area (TPSA) is 23.6 Å². The van der Waals surface area contributed by atoms with Gasteiger partial charge in [-0.15, -0.1) is 0 Å². The van der Waals surface area contributed by atoms with Crippen LogP contribution in [-0.2, 0) is 4.79 Å². The third-order valence-corrected chi connectivity index (χ3v) is 3.56. The maximum Gasteiger partial charge on any atom is 0.236 e. The lowest BCUT2D eigenvalue weighted by Crippen LogP contribution is -2.42. The van der Waals surface area contributed by atoms with Gasteiger partial charge in [0, 0.05) is 19.6 Å². The maximum atomic E-state index is 11.9. The average molecular weight is 210 g/mol. The molecule has 2 saturated heterocycles. The van der Waals surface area contributed by atoms with E-state index in [4.69, 9.17) is 0 Å². The van der Waals surface area contributed by atoms with Crippen molar-refractivity contribution in [3.63, 3.8) is 0 Å². The third kappa shape index (κ3) is 2.94. The van der Waals surface area contributed by atoms with Crippen LogP contribution in [-0.4, -0.2) is 48.4 Å². The number of hydrogen-bond acceptors (Lipinski definition) is 2. The average Bonchev–Trinajstić information content (AvgIpc) is 2.70. The van der Waals surface area contributed by atoms with Gasteiger partial charge in [-0.1, -0.05) is 6.92 Å². The molecule has 0 aliphatic carbocycles. The van der Waals surface area contributed by atoms with Crippen LogP contribution < -0.4 is 0 Å². The second kappa shape index (κ2) is 4.97. The van der Waals surface area contributed by atoms with Crippen molar-refractivity contribution in [1.82, 2.24) is 9.80 Å². The van der Waals surface area contributed by atoms with Crippen LogP contribution in [0.1, 0.15) is 32.6 Å². The summed E-state index contributed by atoms with van der Waals surface area (Å²) >= 11 is 0.